The van der Waals surface area contributed by atoms with E-state index < -0.39 is 0 Å². The van der Waals surface area contributed by atoms with Crippen LogP contribution in [0.3, 0.4) is 0 Å². The Morgan fingerprint density at radius 2 is 2.04 bits per heavy atom. The molecule has 24 heavy (non-hydrogen) atoms. The second-order valence-corrected chi connectivity index (χ2v) is 6.59. The number of amides is 1. The summed E-state index contributed by atoms with van der Waals surface area (Å²) in [6.07, 6.45) is 3.72. The van der Waals surface area contributed by atoms with Crippen molar-refractivity contribution in [2.75, 3.05) is 34.9 Å². The van der Waals surface area contributed by atoms with Crippen LogP contribution in [0.4, 0.5) is 28.8 Å². The van der Waals surface area contributed by atoms with Crippen LogP contribution in [0.15, 0.2) is 18.3 Å². The minimum atomic E-state index is -0.197. The van der Waals surface area contributed by atoms with E-state index in [4.69, 9.17) is 10.7 Å². The highest BCUT2D eigenvalue weighted by Gasteiger charge is 2.38. The number of carbonyl (C=O) groups is 1. The molecule has 3 heterocycles. The van der Waals surface area contributed by atoms with Crippen molar-refractivity contribution in [3.63, 3.8) is 0 Å². The molecule has 3 N–H and O–H groups in total. The zero-order valence-corrected chi connectivity index (χ0v) is 14.0. The number of nitrogens with two attached hydrogens (primary N) is 1. The molecule has 0 saturated heterocycles. The summed E-state index contributed by atoms with van der Waals surface area (Å²) in [6, 6.07) is 3.97. The second-order valence-electron chi connectivity index (χ2n) is 6.59. The van der Waals surface area contributed by atoms with Gasteiger partial charge in [0.1, 0.15) is 11.6 Å². The van der Waals surface area contributed by atoms with Gasteiger partial charge in [-0.3, -0.25) is 4.79 Å². The molecule has 1 fully saturated rings. The molecule has 2 aromatic rings. The summed E-state index contributed by atoms with van der Waals surface area (Å²) >= 11 is 0. The molecule has 124 valence electrons. The zero-order chi connectivity index (χ0) is 17.0. The fourth-order valence-corrected chi connectivity index (χ4v) is 2.99. The number of carbonyl (C=O) groups excluding carboxylic acids is 1. The van der Waals surface area contributed by atoms with E-state index in [9.17, 15) is 4.79 Å². The number of aryl methyl sites for hydroxylation is 1. The maximum Gasteiger partial charge on any atom is 0.259 e. The van der Waals surface area contributed by atoms with E-state index in [-0.39, 0.29) is 5.91 Å². The normalized spacial score (nSPS) is 16.1. The van der Waals surface area contributed by atoms with Crippen molar-refractivity contribution in [3.05, 3.63) is 29.5 Å². The Bertz CT molecular complexity index is 843. The minimum Gasteiger partial charge on any atom is -0.397 e. The van der Waals surface area contributed by atoms with Gasteiger partial charge in [-0.25, -0.2) is 9.97 Å². The molecule has 0 atom stereocenters. The van der Waals surface area contributed by atoms with E-state index in [0.29, 0.717) is 23.1 Å². The Hall–Kier alpha value is -2.83. The van der Waals surface area contributed by atoms with Crippen molar-refractivity contribution >= 4 is 34.7 Å². The fraction of sp³-hybridized carbons (Fsp3) is 0.353. The molecule has 0 spiro atoms. The quantitative estimate of drug-likeness (QED) is 0.881. The lowest BCUT2D eigenvalue weighted by Gasteiger charge is -2.25. The summed E-state index contributed by atoms with van der Waals surface area (Å²) in [5.41, 5.74) is 8.54. The van der Waals surface area contributed by atoms with Gasteiger partial charge in [-0.1, -0.05) is 0 Å². The first-order valence-electron chi connectivity index (χ1n) is 8.01. The third-order valence-electron chi connectivity index (χ3n) is 4.38. The SMILES string of the molecule is Cc1cc(N(C)C)nc2c1NC(=O)c1cc(N)cnc1N2C1CC1. The van der Waals surface area contributed by atoms with Gasteiger partial charge in [-0.05, 0) is 37.5 Å². The number of nitrogens with zero attached hydrogens (tertiary/aromatic N) is 4. The number of pyridine rings is 2. The third-order valence-corrected chi connectivity index (χ3v) is 4.38. The van der Waals surface area contributed by atoms with Crippen LogP contribution in [0.25, 0.3) is 0 Å². The highest BCUT2D eigenvalue weighted by molar-refractivity contribution is 6.12. The summed E-state index contributed by atoms with van der Waals surface area (Å²) in [5.74, 6) is 2.04. The average Bonchev–Trinajstić information content (AvgIpc) is 3.35. The summed E-state index contributed by atoms with van der Waals surface area (Å²) in [5, 5.41) is 3.00. The van der Waals surface area contributed by atoms with Gasteiger partial charge in [-0.2, -0.15) is 0 Å². The van der Waals surface area contributed by atoms with Crippen molar-refractivity contribution in [2.24, 2.45) is 0 Å². The van der Waals surface area contributed by atoms with Crippen molar-refractivity contribution in [3.8, 4) is 0 Å². The molecule has 7 heteroatoms. The maximum absolute atomic E-state index is 12.7. The molecule has 1 aliphatic heterocycles. The largest absolute Gasteiger partial charge is 0.397 e. The number of aromatic nitrogens is 2. The molecule has 1 amide bonds. The molecule has 2 aromatic heterocycles. The van der Waals surface area contributed by atoms with E-state index in [1.807, 2.05) is 32.0 Å². The minimum absolute atomic E-state index is 0.197. The molecule has 0 radical (unpaired) electrons. The average molecular weight is 324 g/mol. The van der Waals surface area contributed by atoms with Crippen LogP contribution in [-0.4, -0.2) is 36.0 Å². The molecular formula is C17H20N6O. The van der Waals surface area contributed by atoms with Crippen LogP contribution in [0.2, 0.25) is 0 Å². The molecule has 4 rings (SSSR count). The number of hydrogen-bond acceptors (Lipinski definition) is 6. The molecule has 2 aliphatic rings. The number of anilines is 5. The highest BCUT2D eigenvalue weighted by atomic mass is 16.1. The predicted octanol–water partition coefficient (Wildman–Crippen LogP) is 2.30. The van der Waals surface area contributed by atoms with Gasteiger partial charge < -0.3 is 20.9 Å². The van der Waals surface area contributed by atoms with Crippen molar-refractivity contribution < 1.29 is 4.79 Å². The van der Waals surface area contributed by atoms with E-state index in [1.54, 1.807) is 12.3 Å². The van der Waals surface area contributed by atoms with Crippen LogP contribution >= 0.6 is 0 Å². The van der Waals surface area contributed by atoms with Crippen molar-refractivity contribution in [1.82, 2.24) is 9.97 Å². The molecular weight excluding hydrogens is 304 g/mol. The first kappa shape index (κ1) is 14.7. The van der Waals surface area contributed by atoms with E-state index in [2.05, 4.69) is 15.2 Å². The maximum atomic E-state index is 12.7. The van der Waals surface area contributed by atoms with Gasteiger partial charge >= 0.3 is 0 Å². The van der Waals surface area contributed by atoms with Crippen LogP contribution in [-0.2, 0) is 0 Å². The Labute approximate surface area is 140 Å². The van der Waals surface area contributed by atoms with Crippen molar-refractivity contribution in [2.45, 2.75) is 25.8 Å². The fourth-order valence-electron chi connectivity index (χ4n) is 2.99. The van der Waals surface area contributed by atoms with Crippen LogP contribution in [0.5, 0.6) is 0 Å². The van der Waals surface area contributed by atoms with Crippen molar-refractivity contribution in [1.29, 1.82) is 0 Å². The number of rotatable bonds is 2. The van der Waals surface area contributed by atoms with Gasteiger partial charge in [0.2, 0.25) is 0 Å². The lowest BCUT2D eigenvalue weighted by atomic mass is 10.2. The van der Waals surface area contributed by atoms with E-state index in [1.165, 1.54) is 0 Å². The molecule has 7 nitrogen and oxygen atoms in total. The highest BCUT2D eigenvalue weighted by Crippen LogP contribution is 2.45. The first-order valence-corrected chi connectivity index (χ1v) is 8.01. The Kier molecular flexibility index (Phi) is 3.13. The predicted molar refractivity (Wildman–Crippen MR) is 95.1 cm³/mol. The van der Waals surface area contributed by atoms with Gasteiger partial charge in [-0.15, -0.1) is 0 Å². The number of fused-ring (bicyclic) bond motifs is 2. The van der Waals surface area contributed by atoms with E-state index in [0.717, 1.165) is 35.7 Å². The molecule has 0 unspecified atom stereocenters. The Balaban J connectivity index is 1.98. The number of hydrogen-bond donors (Lipinski definition) is 2. The lowest BCUT2D eigenvalue weighted by molar-refractivity contribution is 0.102. The standard InChI is InChI=1S/C17H20N6O/c1-9-6-13(22(2)3)20-16-14(9)21-17(24)12-7-10(18)8-19-15(12)23(16)11-4-5-11/h6-8,11H,4-5,18H2,1-3H3,(H,21,24). The Morgan fingerprint density at radius 3 is 2.71 bits per heavy atom. The molecule has 0 bridgehead atoms. The van der Waals surface area contributed by atoms with Crippen LogP contribution < -0.4 is 20.9 Å². The lowest BCUT2D eigenvalue weighted by Crippen LogP contribution is -2.24. The zero-order valence-electron chi connectivity index (χ0n) is 14.0. The van der Waals surface area contributed by atoms with Gasteiger partial charge in [0.05, 0.1) is 23.1 Å². The summed E-state index contributed by atoms with van der Waals surface area (Å²) in [4.78, 5) is 26.0. The molecule has 1 saturated carbocycles. The monoisotopic (exact) mass is 324 g/mol. The van der Waals surface area contributed by atoms with E-state index >= 15 is 0 Å². The molecule has 0 aromatic carbocycles. The summed E-state index contributed by atoms with van der Waals surface area (Å²) in [7, 11) is 3.91. The van der Waals surface area contributed by atoms with Crippen LogP contribution in [0.1, 0.15) is 28.8 Å². The van der Waals surface area contributed by atoms with Gasteiger partial charge in [0.15, 0.2) is 5.82 Å². The summed E-state index contributed by atoms with van der Waals surface area (Å²) < 4.78 is 0. The number of nitrogen functional groups attached to an aromatic ring is 1. The topological polar surface area (TPSA) is 87.4 Å². The first-order chi connectivity index (χ1) is 11.5. The summed E-state index contributed by atoms with van der Waals surface area (Å²) in [6.45, 7) is 1.98. The van der Waals surface area contributed by atoms with Gasteiger partial charge in [0, 0.05) is 20.1 Å². The number of nitrogens with one attached hydrogen (secondary N) is 1. The molecule has 1 aliphatic carbocycles. The van der Waals surface area contributed by atoms with Crippen LogP contribution in [0, 0.1) is 6.92 Å². The smallest absolute Gasteiger partial charge is 0.259 e. The third kappa shape index (κ3) is 2.24. The second kappa shape index (κ2) is 5.09. The Morgan fingerprint density at radius 1 is 1.29 bits per heavy atom. The van der Waals surface area contributed by atoms with Gasteiger partial charge in [0.25, 0.3) is 5.91 Å².